The lowest BCUT2D eigenvalue weighted by Gasteiger charge is -2.19. The van der Waals surface area contributed by atoms with E-state index in [2.05, 4.69) is 15.3 Å². The first-order valence-corrected chi connectivity index (χ1v) is 10.5. The van der Waals surface area contributed by atoms with Gasteiger partial charge in [-0.05, 0) is 43.0 Å². The van der Waals surface area contributed by atoms with Gasteiger partial charge in [-0.2, -0.15) is 5.10 Å². The molecule has 1 aromatic heterocycles. The molecule has 2 heterocycles. The first-order valence-electron chi connectivity index (χ1n) is 10.5. The minimum absolute atomic E-state index is 0.199. The number of benzene rings is 2. The molecule has 0 aliphatic carbocycles. The molecule has 2 N–H and O–H groups in total. The van der Waals surface area contributed by atoms with Gasteiger partial charge in [0.2, 0.25) is 0 Å². The van der Waals surface area contributed by atoms with Crippen molar-refractivity contribution in [2.75, 3.05) is 18.0 Å². The van der Waals surface area contributed by atoms with Crippen LogP contribution in [-0.2, 0) is 4.79 Å². The number of carbonyl (C=O) groups excluding carboxylic acids is 1. The average Bonchev–Trinajstić information content (AvgIpc) is 3.44. The molecule has 0 radical (unpaired) electrons. The van der Waals surface area contributed by atoms with Gasteiger partial charge in [0.1, 0.15) is 5.82 Å². The van der Waals surface area contributed by atoms with Crippen LogP contribution in [0.25, 0.3) is 5.69 Å². The van der Waals surface area contributed by atoms with E-state index >= 15 is 0 Å². The summed E-state index contributed by atoms with van der Waals surface area (Å²) in [6.07, 6.45) is 2.01. The summed E-state index contributed by atoms with van der Waals surface area (Å²) in [6, 6.07) is 18.4. The second-order valence-corrected chi connectivity index (χ2v) is 7.81. The van der Waals surface area contributed by atoms with Gasteiger partial charge in [-0.25, -0.2) is 4.68 Å². The molecule has 0 bridgehead atoms. The molecular formula is C24H26N4O3. The van der Waals surface area contributed by atoms with Crippen LogP contribution < -0.4 is 10.2 Å². The SMILES string of the molecule is Cc1ccccc1[C@H](CC(=O)O)NC(=O)c1cc(N2CCCC2)n(-c2ccccc2)n1. The number of para-hydroxylation sites is 1. The Hall–Kier alpha value is -3.61. The summed E-state index contributed by atoms with van der Waals surface area (Å²) in [4.78, 5) is 26.8. The van der Waals surface area contributed by atoms with Crippen LogP contribution in [0.4, 0.5) is 5.82 Å². The van der Waals surface area contributed by atoms with E-state index in [9.17, 15) is 14.7 Å². The third-order valence-corrected chi connectivity index (χ3v) is 5.60. The Bertz CT molecular complexity index is 1070. The molecule has 3 aromatic rings. The Labute approximate surface area is 181 Å². The molecule has 0 spiro atoms. The Balaban J connectivity index is 1.65. The highest BCUT2D eigenvalue weighted by Crippen LogP contribution is 2.26. The molecule has 0 saturated carbocycles. The number of aromatic nitrogens is 2. The maximum Gasteiger partial charge on any atom is 0.305 e. The lowest BCUT2D eigenvalue weighted by atomic mass is 9.98. The highest BCUT2D eigenvalue weighted by atomic mass is 16.4. The number of aryl methyl sites for hydroxylation is 1. The fourth-order valence-corrected chi connectivity index (χ4v) is 4.04. The van der Waals surface area contributed by atoms with Crippen molar-refractivity contribution in [2.45, 2.75) is 32.2 Å². The van der Waals surface area contributed by atoms with E-state index in [1.807, 2.05) is 61.5 Å². The zero-order valence-corrected chi connectivity index (χ0v) is 17.5. The molecule has 1 aliphatic heterocycles. The molecule has 7 heteroatoms. The molecule has 1 fully saturated rings. The van der Waals surface area contributed by atoms with Gasteiger partial charge in [0, 0.05) is 19.2 Å². The van der Waals surface area contributed by atoms with Crippen LogP contribution in [0.1, 0.15) is 46.9 Å². The standard InChI is InChI=1S/C24H26N4O3/c1-17-9-5-6-12-19(17)20(16-23(29)30)25-24(31)21-15-22(27-13-7-8-14-27)28(26-21)18-10-3-2-4-11-18/h2-6,9-12,15,20H,7-8,13-14,16H2,1H3,(H,25,31)(H,29,30)/t20-/m0/s1. The van der Waals surface area contributed by atoms with Gasteiger partial charge in [-0.3, -0.25) is 9.59 Å². The third-order valence-electron chi connectivity index (χ3n) is 5.60. The number of hydrogen-bond acceptors (Lipinski definition) is 4. The maximum absolute atomic E-state index is 13.1. The van der Waals surface area contributed by atoms with E-state index in [1.54, 1.807) is 10.7 Å². The number of carboxylic acids is 1. The fourth-order valence-electron chi connectivity index (χ4n) is 4.04. The van der Waals surface area contributed by atoms with Crippen molar-refractivity contribution in [3.8, 4) is 5.69 Å². The first kappa shape index (κ1) is 20.7. The third kappa shape index (κ3) is 4.60. The van der Waals surface area contributed by atoms with Crippen LogP contribution in [0.5, 0.6) is 0 Å². The molecular weight excluding hydrogens is 392 g/mol. The van der Waals surface area contributed by atoms with Crippen LogP contribution >= 0.6 is 0 Å². The number of rotatable bonds is 7. The quantitative estimate of drug-likeness (QED) is 0.611. The van der Waals surface area contributed by atoms with E-state index in [1.165, 1.54) is 0 Å². The second kappa shape index (κ2) is 9.04. The zero-order chi connectivity index (χ0) is 21.8. The van der Waals surface area contributed by atoms with Gasteiger partial charge < -0.3 is 15.3 Å². The van der Waals surface area contributed by atoms with Crippen LogP contribution in [-0.4, -0.2) is 39.9 Å². The molecule has 2 aromatic carbocycles. The monoisotopic (exact) mass is 418 g/mol. The number of carbonyl (C=O) groups is 2. The van der Waals surface area contributed by atoms with Crippen molar-refractivity contribution in [3.05, 3.63) is 77.5 Å². The van der Waals surface area contributed by atoms with Gasteiger partial charge in [0.05, 0.1) is 18.2 Å². The summed E-state index contributed by atoms with van der Waals surface area (Å²) < 4.78 is 1.79. The lowest BCUT2D eigenvalue weighted by Crippen LogP contribution is -2.31. The summed E-state index contributed by atoms with van der Waals surface area (Å²) >= 11 is 0. The molecule has 0 unspecified atom stereocenters. The zero-order valence-electron chi connectivity index (χ0n) is 17.5. The van der Waals surface area contributed by atoms with E-state index in [4.69, 9.17) is 0 Å². The normalized spacial score (nSPS) is 14.4. The highest BCUT2D eigenvalue weighted by Gasteiger charge is 2.25. The molecule has 7 nitrogen and oxygen atoms in total. The van der Waals surface area contributed by atoms with Crippen molar-refractivity contribution in [2.24, 2.45) is 0 Å². The Morgan fingerprint density at radius 2 is 1.74 bits per heavy atom. The number of aliphatic carboxylic acids is 1. The molecule has 4 rings (SSSR count). The smallest absolute Gasteiger partial charge is 0.305 e. The minimum atomic E-state index is -0.971. The van der Waals surface area contributed by atoms with Crippen LogP contribution in [0.2, 0.25) is 0 Å². The largest absolute Gasteiger partial charge is 0.481 e. The summed E-state index contributed by atoms with van der Waals surface area (Å²) in [5.41, 5.74) is 2.88. The topological polar surface area (TPSA) is 87.5 Å². The Morgan fingerprint density at radius 1 is 1.06 bits per heavy atom. The van der Waals surface area contributed by atoms with Crippen molar-refractivity contribution in [3.63, 3.8) is 0 Å². The second-order valence-electron chi connectivity index (χ2n) is 7.81. The molecule has 1 atom stereocenters. The van der Waals surface area contributed by atoms with E-state index in [-0.39, 0.29) is 18.0 Å². The lowest BCUT2D eigenvalue weighted by molar-refractivity contribution is -0.137. The minimum Gasteiger partial charge on any atom is -0.481 e. The summed E-state index contributed by atoms with van der Waals surface area (Å²) in [7, 11) is 0. The van der Waals surface area contributed by atoms with Crippen molar-refractivity contribution < 1.29 is 14.7 Å². The molecule has 1 aliphatic rings. The number of nitrogens with zero attached hydrogens (tertiary/aromatic N) is 3. The molecule has 31 heavy (non-hydrogen) atoms. The van der Waals surface area contributed by atoms with E-state index in [0.29, 0.717) is 0 Å². The molecule has 160 valence electrons. The Kier molecular flexibility index (Phi) is 6.02. The van der Waals surface area contributed by atoms with Crippen LogP contribution in [0.3, 0.4) is 0 Å². The van der Waals surface area contributed by atoms with Crippen molar-refractivity contribution in [1.29, 1.82) is 0 Å². The van der Waals surface area contributed by atoms with Gasteiger partial charge in [-0.1, -0.05) is 42.5 Å². The molecule has 1 saturated heterocycles. The summed E-state index contributed by atoms with van der Waals surface area (Å²) in [6.45, 7) is 3.75. The highest BCUT2D eigenvalue weighted by molar-refractivity contribution is 5.94. The average molecular weight is 418 g/mol. The summed E-state index contributed by atoms with van der Waals surface area (Å²) in [5, 5.41) is 16.9. The predicted molar refractivity (Wildman–Crippen MR) is 119 cm³/mol. The fraction of sp³-hybridized carbons (Fsp3) is 0.292. The van der Waals surface area contributed by atoms with Gasteiger partial charge in [0.15, 0.2) is 5.69 Å². The molecule has 1 amide bonds. The number of hydrogen-bond donors (Lipinski definition) is 2. The number of anilines is 1. The van der Waals surface area contributed by atoms with E-state index in [0.717, 1.165) is 48.6 Å². The van der Waals surface area contributed by atoms with Crippen molar-refractivity contribution in [1.82, 2.24) is 15.1 Å². The van der Waals surface area contributed by atoms with Crippen molar-refractivity contribution >= 4 is 17.7 Å². The number of amides is 1. The Morgan fingerprint density at radius 3 is 2.42 bits per heavy atom. The van der Waals surface area contributed by atoms with Crippen LogP contribution in [0.15, 0.2) is 60.7 Å². The van der Waals surface area contributed by atoms with Gasteiger partial charge >= 0.3 is 5.97 Å². The van der Waals surface area contributed by atoms with Crippen LogP contribution in [0, 0.1) is 6.92 Å². The first-order chi connectivity index (χ1) is 15.0. The predicted octanol–water partition coefficient (Wildman–Crippen LogP) is 3.73. The summed E-state index contributed by atoms with van der Waals surface area (Å²) in [5.74, 6) is -0.481. The van der Waals surface area contributed by atoms with Gasteiger partial charge in [0.25, 0.3) is 5.91 Å². The maximum atomic E-state index is 13.1. The number of carboxylic acid groups (broad SMARTS) is 1. The number of nitrogens with one attached hydrogen (secondary N) is 1. The van der Waals surface area contributed by atoms with Gasteiger partial charge in [-0.15, -0.1) is 0 Å². The van der Waals surface area contributed by atoms with E-state index < -0.39 is 12.0 Å².